The topological polar surface area (TPSA) is 59.0 Å². The maximum Gasteiger partial charge on any atom is 0.254 e. The number of carbonyl (C=O) groups excluding carboxylic acids is 2. The Morgan fingerprint density at radius 2 is 1.72 bits per heavy atom. The number of carbonyl (C=O) groups is 2. The predicted octanol–water partition coefficient (Wildman–Crippen LogP) is 5.87. The van der Waals surface area contributed by atoms with Crippen molar-refractivity contribution in [2.24, 2.45) is 28.8 Å². The van der Waals surface area contributed by atoms with Crippen LogP contribution in [-0.4, -0.2) is 23.0 Å². The van der Waals surface area contributed by atoms with Crippen LogP contribution >= 0.6 is 39.1 Å². The Morgan fingerprint density at radius 1 is 1.03 bits per heavy atom. The Bertz CT molecular complexity index is 1130. The number of hydrogen-bond donors (Lipinski definition) is 0. The summed E-state index contributed by atoms with van der Waals surface area (Å²) in [6.45, 7) is 0.290. The van der Waals surface area contributed by atoms with Crippen LogP contribution in [0.25, 0.3) is 0 Å². The Hall–Kier alpha value is -2.15. The van der Waals surface area contributed by atoms with Crippen molar-refractivity contribution >= 4 is 57.2 Å². The van der Waals surface area contributed by atoms with Gasteiger partial charge >= 0.3 is 0 Å². The van der Waals surface area contributed by atoms with Gasteiger partial charge in [-0.2, -0.15) is 10.1 Å². The molecule has 0 aromatic heterocycles. The number of allylic oxidation sites excluding steroid dienone is 2. The fraction of sp³-hybridized carbons (Fsp3) is 0.292. The summed E-state index contributed by atoms with van der Waals surface area (Å²) in [5.74, 6) is 0.0532. The molecule has 2 bridgehead atoms. The number of hydrazone groups is 1. The van der Waals surface area contributed by atoms with Crippen molar-refractivity contribution in [2.45, 2.75) is 19.4 Å². The fourth-order valence-corrected chi connectivity index (χ4v) is 5.78. The standard InChI is InChI=1S/C24H19BrCl2N2O3/c25-18-9-13(1-8-20(18)32-12-16-6-7-17(26)10-19(16)27)11-28-29-23(30)21-14-2-3-15(5-4-14)22(21)24(29)31/h1-3,6-11,14-15,21-22H,4-5,12H2/b28-11-/t14-,15-,21-,22+/m0/s1. The minimum absolute atomic E-state index is 0.154. The van der Waals surface area contributed by atoms with Gasteiger partial charge in [0.25, 0.3) is 11.8 Å². The van der Waals surface area contributed by atoms with Gasteiger partial charge in [0.1, 0.15) is 12.4 Å². The van der Waals surface area contributed by atoms with Crippen LogP contribution in [0, 0.1) is 23.7 Å². The molecule has 32 heavy (non-hydrogen) atoms. The summed E-state index contributed by atoms with van der Waals surface area (Å²) in [7, 11) is 0. The van der Waals surface area contributed by atoms with Crippen LogP contribution in [0.4, 0.5) is 0 Å². The lowest BCUT2D eigenvalue weighted by Gasteiger charge is -2.37. The monoisotopic (exact) mass is 532 g/mol. The molecule has 6 rings (SSSR count). The first-order valence-electron chi connectivity index (χ1n) is 10.4. The molecule has 1 saturated carbocycles. The molecular weight excluding hydrogens is 515 g/mol. The van der Waals surface area contributed by atoms with E-state index >= 15 is 0 Å². The zero-order chi connectivity index (χ0) is 22.4. The first-order chi connectivity index (χ1) is 15.4. The second-order valence-corrected chi connectivity index (χ2v) is 9.99. The van der Waals surface area contributed by atoms with Crippen LogP contribution in [0.3, 0.4) is 0 Å². The van der Waals surface area contributed by atoms with Gasteiger partial charge in [-0.05, 0) is 76.5 Å². The summed E-state index contributed by atoms with van der Waals surface area (Å²) in [5, 5.41) is 6.43. The highest BCUT2D eigenvalue weighted by Crippen LogP contribution is 2.49. The minimum Gasteiger partial charge on any atom is -0.488 e. The molecule has 164 valence electrons. The van der Waals surface area contributed by atoms with Crippen LogP contribution in [0.2, 0.25) is 10.0 Å². The fourth-order valence-electron chi connectivity index (χ4n) is 4.81. The molecule has 8 heteroatoms. The number of benzene rings is 2. The highest BCUT2D eigenvalue weighted by atomic mass is 79.9. The molecule has 3 aliphatic carbocycles. The third-order valence-corrected chi connectivity index (χ3v) is 7.62. The van der Waals surface area contributed by atoms with E-state index in [9.17, 15) is 9.59 Å². The van der Waals surface area contributed by atoms with Crippen LogP contribution in [0.15, 0.2) is 58.1 Å². The maximum atomic E-state index is 12.9. The molecule has 5 nitrogen and oxygen atoms in total. The molecule has 0 N–H and O–H groups in total. The van der Waals surface area contributed by atoms with Crippen molar-refractivity contribution in [2.75, 3.05) is 0 Å². The Kier molecular flexibility index (Phi) is 5.86. The van der Waals surface area contributed by atoms with E-state index in [2.05, 4.69) is 33.2 Å². The second-order valence-electron chi connectivity index (χ2n) is 8.29. The number of imide groups is 1. The Morgan fingerprint density at radius 3 is 2.31 bits per heavy atom. The molecule has 1 heterocycles. The summed E-state index contributed by atoms with van der Waals surface area (Å²) in [4.78, 5) is 25.7. The van der Waals surface area contributed by atoms with E-state index in [1.54, 1.807) is 18.2 Å². The van der Waals surface area contributed by atoms with Gasteiger partial charge in [0, 0.05) is 15.6 Å². The summed E-state index contributed by atoms with van der Waals surface area (Å²) in [5.41, 5.74) is 1.56. The molecule has 1 aliphatic heterocycles. The minimum atomic E-state index is -0.259. The summed E-state index contributed by atoms with van der Waals surface area (Å²) >= 11 is 15.6. The van der Waals surface area contributed by atoms with Crippen LogP contribution in [-0.2, 0) is 16.2 Å². The van der Waals surface area contributed by atoms with E-state index in [1.165, 1.54) is 6.21 Å². The Labute approximate surface area is 204 Å². The van der Waals surface area contributed by atoms with E-state index in [-0.39, 0.29) is 42.1 Å². The zero-order valence-electron chi connectivity index (χ0n) is 16.9. The van der Waals surface area contributed by atoms with Gasteiger partial charge in [0.05, 0.1) is 22.5 Å². The quantitative estimate of drug-likeness (QED) is 0.274. The maximum absolute atomic E-state index is 12.9. The van der Waals surface area contributed by atoms with Gasteiger partial charge in [-0.15, -0.1) is 0 Å². The lowest BCUT2D eigenvalue weighted by Crippen LogP contribution is -2.38. The van der Waals surface area contributed by atoms with Crippen LogP contribution < -0.4 is 4.74 Å². The predicted molar refractivity (Wildman–Crippen MR) is 127 cm³/mol. The number of halogens is 3. The molecule has 0 unspecified atom stereocenters. The van der Waals surface area contributed by atoms with Crippen LogP contribution in [0.5, 0.6) is 5.75 Å². The number of fused-ring (bicyclic) bond motifs is 1. The third-order valence-electron chi connectivity index (χ3n) is 6.41. The molecule has 2 aromatic rings. The molecule has 4 aliphatic rings. The van der Waals surface area contributed by atoms with E-state index in [4.69, 9.17) is 27.9 Å². The molecule has 2 fully saturated rings. The first-order valence-corrected chi connectivity index (χ1v) is 11.9. The molecule has 2 aromatic carbocycles. The lowest BCUT2D eigenvalue weighted by molar-refractivity contribution is -0.140. The zero-order valence-corrected chi connectivity index (χ0v) is 20.0. The number of amides is 2. The van der Waals surface area contributed by atoms with Crippen molar-refractivity contribution < 1.29 is 14.3 Å². The number of hydrogen-bond acceptors (Lipinski definition) is 4. The Balaban J connectivity index is 1.27. The summed E-state index contributed by atoms with van der Waals surface area (Å²) in [6.07, 6.45) is 7.66. The van der Waals surface area contributed by atoms with Crippen LogP contribution in [0.1, 0.15) is 24.0 Å². The molecule has 0 radical (unpaired) electrons. The van der Waals surface area contributed by atoms with E-state index in [0.717, 1.165) is 33.5 Å². The van der Waals surface area contributed by atoms with E-state index in [1.807, 2.05) is 18.2 Å². The number of rotatable bonds is 5. The normalized spacial score (nSPS) is 26.3. The highest BCUT2D eigenvalue weighted by Gasteiger charge is 2.56. The molecule has 4 atom stereocenters. The molecule has 1 saturated heterocycles. The largest absolute Gasteiger partial charge is 0.488 e. The van der Waals surface area contributed by atoms with Crippen molar-refractivity contribution in [3.63, 3.8) is 0 Å². The van der Waals surface area contributed by atoms with Crippen molar-refractivity contribution in [1.82, 2.24) is 5.01 Å². The molecular formula is C24H19BrCl2N2O3. The lowest BCUT2D eigenvalue weighted by atomic mass is 9.63. The first kappa shape index (κ1) is 21.7. The smallest absolute Gasteiger partial charge is 0.254 e. The van der Waals surface area contributed by atoms with Gasteiger partial charge < -0.3 is 4.74 Å². The third kappa shape index (κ3) is 3.89. The van der Waals surface area contributed by atoms with Crippen molar-refractivity contribution in [3.8, 4) is 5.75 Å². The van der Waals surface area contributed by atoms with Gasteiger partial charge in [-0.25, -0.2) is 0 Å². The number of ether oxygens (including phenoxy) is 1. The van der Waals surface area contributed by atoms with Gasteiger partial charge in [0.2, 0.25) is 0 Å². The summed E-state index contributed by atoms with van der Waals surface area (Å²) < 4.78 is 6.58. The molecule has 2 amide bonds. The van der Waals surface area contributed by atoms with E-state index in [0.29, 0.717) is 15.8 Å². The van der Waals surface area contributed by atoms with Crippen molar-refractivity contribution in [1.29, 1.82) is 0 Å². The van der Waals surface area contributed by atoms with E-state index < -0.39 is 0 Å². The second kappa shape index (κ2) is 8.65. The molecule has 0 spiro atoms. The van der Waals surface area contributed by atoms with Gasteiger partial charge in [-0.3, -0.25) is 9.59 Å². The summed E-state index contributed by atoms with van der Waals surface area (Å²) in [6, 6.07) is 10.7. The highest BCUT2D eigenvalue weighted by molar-refractivity contribution is 9.10. The average molecular weight is 534 g/mol. The number of nitrogens with zero attached hydrogens (tertiary/aromatic N) is 2. The van der Waals surface area contributed by atoms with Gasteiger partial charge in [-0.1, -0.05) is 41.4 Å². The van der Waals surface area contributed by atoms with Crippen molar-refractivity contribution in [3.05, 3.63) is 74.2 Å². The SMILES string of the molecule is O=C1[C@@H]2[C@H](C(=O)N1/N=C\c1ccc(OCc3ccc(Cl)cc3Cl)c(Br)c1)[C@H]1C=C[C@H]2CC1. The average Bonchev–Trinajstić information content (AvgIpc) is 3.05. The van der Waals surface area contributed by atoms with Gasteiger partial charge in [0.15, 0.2) is 0 Å².